The Morgan fingerprint density at radius 3 is 3.00 bits per heavy atom. The molecular weight excluding hydrogens is 141 g/mol. The topological polar surface area (TPSA) is 59.3 Å². The SMILES string of the molecule is CB(O)NC1CCN(C#N)C1. The molecule has 1 saturated heterocycles. The fraction of sp³-hybridized carbons (Fsp3) is 0.833. The minimum atomic E-state index is -0.473. The second-order valence-electron chi connectivity index (χ2n) is 2.87. The fourth-order valence-corrected chi connectivity index (χ4v) is 1.33. The highest BCUT2D eigenvalue weighted by molar-refractivity contribution is 6.45. The number of nitrogens with one attached hydrogen (secondary N) is 1. The van der Waals surface area contributed by atoms with Crippen molar-refractivity contribution < 1.29 is 5.02 Å². The molecule has 0 amide bonds. The van der Waals surface area contributed by atoms with Gasteiger partial charge >= 0.3 is 7.05 Å². The van der Waals surface area contributed by atoms with Gasteiger partial charge < -0.3 is 15.2 Å². The maximum absolute atomic E-state index is 8.96. The van der Waals surface area contributed by atoms with Crippen molar-refractivity contribution in [1.82, 2.24) is 10.1 Å². The quantitative estimate of drug-likeness (QED) is 0.404. The number of hydrogen-bond acceptors (Lipinski definition) is 4. The van der Waals surface area contributed by atoms with Crippen LogP contribution in [0.25, 0.3) is 0 Å². The van der Waals surface area contributed by atoms with Crippen LogP contribution in [-0.2, 0) is 0 Å². The largest absolute Gasteiger partial charge is 0.437 e. The highest BCUT2D eigenvalue weighted by Gasteiger charge is 2.22. The zero-order chi connectivity index (χ0) is 8.27. The van der Waals surface area contributed by atoms with Gasteiger partial charge in [-0.05, 0) is 13.2 Å². The van der Waals surface area contributed by atoms with Gasteiger partial charge in [0, 0.05) is 19.1 Å². The van der Waals surface area contributed by atoms with Crippen molar-refractivity contribution in [3.8, 4) is 6.19 Å². The van der Waals surface area contributed by atoms with E-state index < -0.39 is 7.05 Å². The minimum Gasteiger partial charge on any atom is -0.437 e. The first-order valence-corrected chi connectivity index (χ1v) is 3.81. The lowest BCUT2D eigenvalue weighted by Gasteiger charge is -2.11. The second-order valence-corrected chi connectivity index (χ2v) is 2.87. The summed E-state index contributed by atoms with van der Waals surface area (Å²) in [4.78, 5) is 1.69. The van der Waals surface area contributed by atoms with Gasteiger partial charge in [-0.25, -0.2) is 0 Å². The van der Waals surface area contributed by atoms with E-state index in [2.05, 4.69) is 11.4 Å². The van der Waals surface area contributed by atoms with Gasteiger partial charge in [-0.3, -0.25) is 0 Å². The molecule has 0 aliphatic carbocycles. The first-order chi connectivity index (χ1) is 5.22. The molecule has 0 saturated carbocycles. The normalized spacial score (nSPS) is 23.4. The maximum atomic E-state index is 8.96. The van der Waals surface area contributed by atoms with E-state index in [4.69, 9.17) is 10.3 Å². The fourth-order valence-electron chi connectivity index (χ4n) is 1.33. The van der Waals surface area contributed by atoms with Crippen molar-refractivity contribution in [3.63, 3.8) is 0 Å². The van der Waals surface area contributed by atoms with Crippen molar-refractivity contribution in [2.24, 2.45) is 0 Å². The van der Waals surface area contributed by atoms with Gasteiger partial charge in [-0.2, -0.15) is 5.26 Å². The third-order valence-electron chi connectivity index (χ3n) is 1.81. The molecule has 1 unspecified atom stereocenters. The summed E-state index contributed by atoms with van der Waals surface area (Å²) in [6, 6.07) is 0.273. The molecule has 0 aromatic carbocycles. The van der Waals surface area contributed by atoms with E-state index in [1.807, 2.05) is 0 Å². The lowest BCUT2D eigenvalue weighted by atomic mass is 9.87. The zero-order valence-electron chi connectivity index (χ0n) is 6.62. The Morgan fingerprint density at radius 2 is 2.55 bits per heavy atom. The van der Waals surface area contributed by atoms with Gasteiger partial charge in [0.1, 0.15) is 0 Å². The molecule has 4 nitrogen and oxygen atoms in total. The van der Waals surface area contributed by atoms with Crippen molar-refractivity contribution in [2.45, 2.75) is 19.3 Å². The van der Waals surface area contributed by atoms with Crippen LogP contribution in [0.15, 0.2) is 0 Å². The van der Waals surface area contributed by atoms with Gasteiger partial charge in [0.05, 0.1) is 0 Å². The van der Waals surface area contributed by atoms with Crippen molar-refractivity contribution in [3.05, 3.63) is 0 Å². The van der Waals surface area contributed by atoms with Gasteiger partial charge in [-0.1, -0.05) is 0 Å². The van der Waals surface area contributed by atoms with E-state index in [0.717, 1.165) is 19.5 Å². The molecule has 1 fully saturated rings. The van der Waals surface area contributed by atoms with Crippen LogP contribution in [0.5, 0.6) is 0 Å². The summed E-state index contributed by atoms with van der Waals surface area (Å²) in [5.41, 5.74) is 0. The van der Waals surface area contributed by atoms with Gasteiger partial charge in [0.2, 0.25) is 0 Å². The van der Waals surface area contributed by atoms with Crippen LogP contribution in [0.2, 0.25) is 6.82 Å². The molecule has 0 bridgehead atoms. The van der Waals surface area contributed by atoms with Crippen LogP contribution in [0.4, 0.5) is 0 Å². The minimum absolute atomic E-state index is 0.273. The Morgan fingerprint density at radius 1 is 1.82 bits per heavy atom. The van der Waals surface area contributed by atoms with Crippen molar-refractivity contribution in [1.29, 1.82) is 5.26 Å². The molecule has 1 rings (SSSR count). The first-order valence-electron chi connectivity index (χ1n) is 3.81. The van der Waals surface area contributed by atoms with E-state index in [9.17, 15) is 0 Å². The van der Waals surface area contributed by atoms with Crippen LogP contribution >= 0.6 is 0 Å². The number of rotatable bonds is 2. The molecule has 0 spiro atoms. The summed E-state index contributed by atoms with van der Waals surface area (Å²) in [7, 11) is -0.473. The number of hydrogen-bond donors (Lipinski definition) is 2. The Bertz CT molecular complexity index is 168. The average Bonchev–Trinajstić information content (AvgIpc) is 2.34. The lowest BCUT2D eigenvalue weighted by Crippen LogP contribution is -2.41. The van der Waals surface area contributed by atoms with Gasteiger partial charge in [-0.15, -0.1) is 0 Å². The van der Waals surface area contributed by atoms with Crippen LogP contribution in [0.1, 0.15) is 6.42 Å². The highest BCUT2D eigenvalue weighted by Crippen LogP contribution is 2.06. The molecular formula is C6H12BN3O. The summed E-state index contributed by atoms with van der Waals surface area (Å²) in [5.74, 6) is 0. The van der Waals surface area contributed by atoms with Crippen LogP contribution in [0, 0.1) is 11.5 Å². The van der Waals surface area contributed by atoms with E-state index in [-0.39, 0.29) is 6.04 Å². The molecule has 11 heavy (non-hydrogen) atoms. The summed E-state index contributed by atoms with van der Waals surface area (Å²) in [6.45, 7) is 3.22. The summed E-state index contributed by atoms with van der Waals surface area (Å²) in [6.07, 6.45) is 3.02. The average molecular weight is 153 g/mol. The third kappa shape index (κ3) is 2.41. The van der Waals surface area contributed by atoms with Crippen LogP contribution < -0.4 is 5.23 Å². The highest BCUT2D eigenvalue weighted by atomic mass is 16.2. The van der Waals surface area contributed by atoms with E-state index in [1.165, 1.54) is 0 Å². The summed E-state index contributed by atoms with van der Waals surface area (Å²) >= 11 is 0. The van der Waals surface area contributed by atoms with Gasteiger partial charge in [0.25, 0.3) is 0 Å². The zero-order valence-corrected chi connectivity index (χ0v) is 6.62. The van der Waals surface area contributed by atoms with Crippen molar-refractivity contribution in [2.75, 3.05) is 13.1 Å². The van der Waals surface area contributed by atoms with Gasteiger partial charge in [0.15, 0.2) is 6.19 Å². The predicted octanol–water partition coefficient (Wildman–Crippen LogP) is -0.758. The maximum Gasteiger partial charge on any atom is 0.373 e. The summed E-state index contributed by atoms with van der Waals surface area (Å²) in [5, 5.41) is 20.4. The molecule has 1 heterocycles. The molecule has 1 atom stereocenters. The van der Waals surface area contributed by atoms with E-state index in [1.54, 1.807) is 11.7 Å². The molecule has 5 heteroatoms. The Labute approximate surface area is 66.9 Å². The Balaban J connectivity index is 2.26. The second kappa shape index (κ2) is 3.60. The number of nitriles is 1. The number of nitrogens with zero attached hydrogens (tertiary/aromatic N) is 2. The molecule has 1 aliphatic heterocycles. The van der Waals surface area contributed by atoms with Crippen molar-refractivity contribution >= 4 is 7.05 Å². The molecule has 2 N–H and O–H groups in total. The Hall–Kier alpha value is -0.725. The lowest BCUT2D eigenvalue weighted by molar-refractivity contribution is 0.463. The molecule has 0 radical (unpaired) electrons. The molecule has 60 valence electrons. The van der Waals surface area contributed by atoms with Crippen LogP contribution in [-0.4, -0.2) is 36.1 Å². The third-order valence-corrected chi connectivity index (χ3v) is 1.81. The first kappa shape index (κ1) is 8.37. The standard InChI is InChI=1S/C6H12BN3O/c1-7(11)9-6-2-3-10(4-6)5-8/h6,9,11H,2-4H2,1H3. The van der Waals surface area contributed by atoms with Crippen LogP contribution in [0.3, 0.4) is 0 Å². The smallest absolute Gasteiger partial charge is 0.373 e. The number of likely N-dealkylation sites (tertiary alicyclic amines) is 1. The van der Waals surface area contributed by atoms with E-state index >= 15 is 0 Å². The predicted molar refractivity (Wildman–Crippen MR) is 42.6 cm³/mol. The molecule has 1 aliphatic rings. The Kier molecular flexibility index (Phi) is 2.74. The monoisotopic (exact) mass is 153 g/mol. The molecule has 0 aromatic rings. The molecule has 0 aromatic heterocycles. The van der Waals surface area contributed by atoms with E-state index in [0.29, 0.717) is 0 Å². The summed E-state index contributed by atoms with van der Waals surface area (Å²) < 4.78 is 0.